The number of ether oxygens (including phenoxy) is 1. The molecule has 0 spiro atoms. The number of carbonyl (C=O) groups excluding carboxylic acids is 1. The lowest BCUT2D eigenvalue weighted by molar-refractivity contribution is -0.141. The van der Waals surface area contributed by atoms with Crippen LogP contribution in [0.1, 0.15) is 71.4 Å². The lowest BCUT2D eigenvalue weighted by atomic mass is 9.83. The predicted molar refractivity (Wildman–Crippen MR) is 138 cm³/mol. The molecule has 1 aliphatic heterocycles. The molecular weight excluding hydrogens is 483 g/mol. The molecule has 1 amide bonds. The Balaban J connectivity index is 1.36. The minimum Gasteiger partial charge on any atom is -0.382 e. The fourth-order valence-electron chi connectivity index (χ4n) is 5.34. The first kappa shape index (κ1) is 29.6. The van der Waals surface area contributed by atoms with Gasteiger partial charge in [-0.05, 0) is 75.8 Å². The van der Waals surface area contributed by atoms with Crippen molar-refractivity contribution in [1.82, 2.24) is 20.2 Å². The SMILES string of the molecule is CCOCCCC(CNC1CCC(CC(=O)N2CCN(c3nccc(C(F)(F)F)n3)CC2)CC1)C(C)C. The number of nitrogens with zero attached hydrogens (tertiary/aromatic N) is 4. The third-order valence-electron chi connectivity index (χ3n) is 7.84. The fourth-order valence-corrected chi connectivity index (χ4v) is 5.34. The fraction of sp³-hybridized carbons (Fsp3) is 0.815. The summed E-state index contributed by atoms with van der Waals surface area (Å²) in [5, 5.41) is 3.79. The van der Waals surface area contributed by atoms with Gasteiger partial charge < -0.3 is 19.9 Å². The van der Waals surface area contributed by atoms with Crippen LogP contribution in [-0.4, -0.2) is 72.8 Å². The van der Waals surface area contributed by atoms with Gasteiger partial charge in [0.25, 0.3) is 0 Å². The van der Waals surface area contributed by atoms with Crippen LogP contribution in [-0.2, 0) is 15.7 Å². The van der Waals surface area contributed by atoms with E-state index in [2.05, 4.69) is 29.1 Å². The summed E-state index contributed by atoms with van der Waals surface area (Å²) in [7, 11) is 0. The highest BCUT2D eigenvalue weighted by molar-refractivity contribution is 5.76. The minimum atomic E-state index is -4.50. The van der Waals surface area contributed by atoms with Crippen molar-refractivity contribution in [3.63, 3.8) is 0 Å². The van der Waals surface area contributed by atoms with Gasteiger partial charge in [-0.15, -0.1) is 0 Å². The van der Waals surface area contributed by atoms with Crippen LogP contribution in [0.25, 0.3) is 0 Å². The number of hydrogen-bond donors (Lipinski definition) is 1. The number of carbonyl (C=O) groups is 1. The third kappa shape index (κ3) is 9.39. The highest BCUT2D eigenvalue weighted by atomic mass is 19.4. The van der Waals surface area contributed by atoms with E-state index in [0.717, 1.165) is 64.1 Å². The molecule has 1 saturated heterocycles. The maximum atomic E-state index is 13.0. The number of halogens is 3. The van der Waals surface area contributed by atoms with Gasteiger partial charge in [-0.25, -0.2) is 9.97 Å². The standard InChI is InChI=1S/C27H44F3N5O2/c1-4-37-17-5-6-22(20(2)3)19-32-23-9-7-21(8-10-23)18-25(36)34-13-15-35(16-14-34)26-31-12-11-24(33-26)27(28,29)30/h11-12,20-23,32H,4-10,13-19H2,1-3H3. The van der Waals surface area contributed by atoms with Crippen molar-refractivity contribution in [3.8, 4) is 0 Å². The number of anilines is 1. The maximum Gasteiger partial charge on any atom is 0.433 e. The molecule has 1 atom stereocenters. The summed E-state index contributed by atoms with van der Waals surface area (Å²) < 4.78 is 44.4. The van der Waals surface area contributed by atoms with Crippen LogP contribution >= 0.6 is 0 Å². The van der Waals surface area contributed by atoms with E-state index in [1.54, 1.807) is 4.90 Å². The van der Waals surface area contributed by atoms with E-state index in [0.29, 0.717) is 56.4 Å². The molecule has 2 aliphatic rings. The number of hydrogen-bond acceptors (Lipinski definition) is 6. The van der Waals surface area contributed by atoms with Crippen LogP contribution in [0.4, 0.5) is 19.1 Å². The lowest BCUT2D eigenvalue weighted by Crippen LogP contribution is -2.49. The van der Waals surface area contributed by atoms with E-state index in [-0.39, 0.29) is 11.9 Å². The van der Waals surface area contributed by atoms with Gasteiger partial charge in [0, 0.05) is 58.1 Å². The van der Waals surface area contributed by atoms with Gasteiger partial charge in [-0.3, -0.25) is 4.79 Å². The summed E-state index contributed by atoms with van der Waals surface area (Å²) in [6.07, 6.45) is 3.79. The second-order valence-electron chi connectivity index (χ2n) is 10.8. The normalized spacial score (nSPS) is 21.9. The Labute approximate surface area is 219 Å². The molecule has 7 nitrogen and oxygen atoms in total. The van der Waals surface area contributed by atoms with Crippen LogP contribution < -0.4 is 10.2 Å². The molecule has 0 aromatic carbocycles. The molecular formula is C27H44F3N5O2. The monoisotopic (exact) mass is 527 g/mol. The molecule has 1 aliphatic carbocycles. The molecule has 210 valence electrons. The average Bonchev–Trinajstić information content (AvgIpc) is 2.88. The number of alkyl halides is 3. The first-order chi connectivity index (χ1) is 17.7. The van der Waals surface area contributed by atoms with Crippen molar-refractivity contribution in [3.05, 3.63) is 18.0 Å². The second kappa shape index (κ2) is 14.3. The molecule has 0 bridgehead atoms. The molecule has 1 aromatic heterocycles. The van der Waals surface area contributed by atoms with Gasteiger partial charge in [0.15, 0.2) is 0 Å². The van der Waals surface area contributed by atoms with Crippen LogP contribution in [0.5, 0.6) is 0 Å². The van der Waals surface area contributed by atoms with Crippen LogP contribution in [0.2, 0.25) is 0 Å². The summed E-state index contributed by atoms with van der Waals surface area (Å²) in [5.41, 5.74) is -0.942. The molecule has 1 N–H and O–H groups in total. The average molecular weight is 528 g/mol. The largest absolute Gasteiger partial charge is 0.433 e. The van der Waals surface area contributed by atoms with Crippen LogP contribution in [0.15, 0.2) is 12.3 Å². The first-order valence-electron chi connectivity index (χ1n) is 13.9. The summed E-state index contributed by atoms with van der Waals surface area (Å²) in [4.78, 5) is 24.1. The van der Waals surface area contributed by atoms with Crippen molar-refractivity contribution in [2.24, 2.45) is 17.8 Å². The third-order valence-corrected chi connectivity index (χ3v) is 7.84. The summed E-state index contributed by atoms with van der Waals surface area (Å²) in [6.45, 7) is 11.1. The van der Waals surface area contributed by atoms with Gasteiger partial charge in [0.1, 0.15) is 5.69 Å². The zero-order valence-corrected chi connectivity index (χ0v) is 22.6. The van der Waals surface area contributed by atoms with Crippen molar-refractivity contribution in [1.29, 1.82) is 0 Å². The zero-order valence-electron chi connectivity index (χ0n) is 22.6. The quantitative estimate of drug-likeness (QED) is 0.395. The molecule has 10 heteroatoms. The predicted octanol–water partition coefficient (Wildman–Crippen LogP) is 4.77. The smallest absolute Gasteiger partial charge is 0.382 e. The van der Waals surface area contributed by atoms with Crippen molar-refractivity contribution in [2.45, 2.75) is 77.9 Å². The van der Waals surface area contributed by atoms with Crippen LogP contribution in [0, 0.1) is 17.8 Å². The molecule has 2 heterocycles. The number of piperazine rings is 1. The Morgan fingerprint density at radius 3 is 2.49 bits per heavy atom. The molecule has 3 rings (SSSR count). The first-order valence-corrected chi connectivity index (χ1v) is 13.9. The summed E-state index contributed by atoms with van der Waals surface area (Å²) in [5.74, 6) is 1.92. The van der Waals surface area contributed by atoms with Crippen molar-refractivity contribution in [2.75, 3.05) is 50.8 Å². The van der Waals surface area contributed by atoms with Crippen molar-refractivity contribution >= 4 is 11.9 Å². The summed E-state index contributed by atoms with van der Waals surface area (Å²) >= 11 is 0. The molecule has 1 saturated carbocycles. The molecule has 0 radical (unpaired) electrons. The molecule has 37 heavy (non-hydrogen) atoms. The van der Waals surface area contributed by atoms with Crippen LogP contribution in [0.3, 0.4) is 0 Å². The van der Waals surface area contributed by atoms with Gasteiger partial charge in [-0.1, -0.05) is 13.8 Å². The maximum absolute atomic E-state index is 13.0. The number of rotatable bonds is 12. The summed E-state index contributed by atoms with van der Waals surface area (Å²) in [6, 6.07) is 1.40. The molecule has 1 unspecified atom stereocenters. The van der Waals surface area contributed by atoms with Gasteiger partial charge in [0.05, 0.1) is 0 Å². The second-order valence-corrected chi connectivity index (χ2v) is 10.8. The highest BCUT2D eigenvalue weighted by Gasteiger charge is 2.34. The Bertz CT molecular complexity index is 823. The van der Waals surface area contributed by atoms with E-state index in [4.69, 9.17) is 4.74 Å². The van der Waals surface area contributed by atoms with Gasteiger partial charge >= 0.3 is 6.18 Å². The Kier molecular flexibility index (Phi) is 11.4. The van der Waals surface area contributed by atoms with Gasteiger partial charge in [0.2, 0.25) is 11.9 Å². The van der Waals surface area contributed by atoms with E-state index in [9.17, 15) is 18.0 Å². The molecule has 2 fully saturated rings. The zero-order chi connectivity index (χ0) is 26.8. The lowest BCUT2D eigenvalue weighted by Gasteiger charge is -2.36. The van der Waals surface area contributed by atoms with E-state index in [1.807, 2.05) is 11.8 Å². The number of aromatic nitrogens is 2. The van der Waals surface area contributed by atoms with E-state index in [1.165, 1.54) is 6.42 Å². The number of nitrogens with one attached hydrogen (secondary N) is 1. The molecule has 1 aromatic rings. The Morgan fingerprint density at radius 2 is 1.86 bits per heavy atom. The topological polar surface area (TPSA) is 70.6 Å². The van der Waals surface area contributed by atoms with E-state index >= 15 is 0 Å². The van der Waals surface area contributed by atoms with E-state index < -0.39 is 11.9 Å². The Hall–Kier alpha value is -1.94. The minimum absolute atomic E-state index is 0.0711. The Morgan fingerprint density at radius 1 is 1.16 bits per heavy atom. The van der Waals surface area contributed by atoms with Crippen molar-refractivity contribution < 1.29 is 22.7 Å². The highest BCUT2D eigenvalue weighted by Crippen LogP contribution is 2.30. The number of amides is 1. The van der Waals surface area contributed by atoms with Gasteiger partial charge in [-0.2, -0.15) is 13.2 Å².